The van der Waals surface area contributed by atoms with Crippen LogP contribution in [0.25, 0.3) is 0 Å². The van der Waals surface area contributed by atoms with E-state index in [1.54, 1.807) is 19.2 Å². The maximum atomic E-state index is 11.2. The van der Waals surface area contributed by atoms with E-state index in [9.17, 15) is 8.42 Å². The molecule has 2 aromatic rings. The Bertz CT molecular complexity index is 838. The number of aryl methyl sites for hydroxylation is 1. The first-order valence-corrected chi connectivity index (χ1v) is 9.69. The fourth-order valence-electron chi connectivity index (χ4n) is 2.18. The van der Waals surface area contributed by atoms with Crippen molar-refractivity contribution in [2.75, 3.05) is 20.2 Å². The highest BCUT2D eigenvalue weighted by atomic mass is 127. The molecule has 0 aromatic heterocycles. The summed E-state index contributed by atoms with van der Waals surface area (Å²) >= 11 is 0. The predicted molar refractivity (Wildman–Crippen MR) is 118 cm³/mol. The van der Waals surface area contributed by atoms with Gasteiger partial charge in [-0.15, -0.1) is 24.0 Å². The van der Waals surface area contributed by atoms with Gasteiger partial charge >= 0.3 is 0 Å². The van der Waals surface area contributed by atoms with Crippen LogP contribution in [0.3, 0.4) is 0 Å². The summed E-state index contributed by atoms with van der Waals surface area (Å²) in [6.07, 6.45) is 0. The molecule has 0 fully saturated rings. The number of halogens is 1. The molecule has 0 radical (unpaired) electrons. The number of benzene rings is 2. The molecule has 0 atom stereocenters. The maximum absolute atomic E-state index is 11.2. The highest BCUT2D eigenvalue weighted by Gasteiger charge is 2.06. The third-order valence-electron chi connectivity index (χ3n) is 3.62. The molecule has 4 N–H and O–H groups in total. The van der Waals surface area contributed by atoms with Crippen molar-refractivity contribution in [3.8, 4) is 5.75 Å². The molecule has 9 heteroatoms. The molecule has 0 heterocycles. The van der Waals surface area contributed by atoms with Crippen molar-refractivity contribution >= 4 is 40.0 Å². The van der Waals surface area contributed by atoms with Crippen LogP contribution in [0, 0.1) is 6.92 Å². The minimum Gasteiger partial charge on any atom is -0.492 e. The molecule has 0 aliphatic carbocycles. The van der Waals surface area contributed by atoms with E-state index >= 15 is 0 Å². The van der Waals surface area contributed by atoms with Crippen LogP contribution in [0.2, 0.25) is 0 Å². The Kier molecular flexibility index (Phi) is 9.53. The highest BCUT2D eigenvalue weighted by Crippen LogP contribution is 2.11. The predicted octanol–water partition coefficient (Wildman–Crippen LogP) is 2.00. The molecule has 148 valence electrons. The van der Waals surface area contributed by atoms with Gasteiger partial charge in [0.05, 0.1) is 11.4 Å². The Morgan fingerprint density at radius 1 is 1.07 bits per heavy atom. The van der Waals surface area contributed by atoms with Crippen molar-refractivity contribution in [1.82, 2.24) is 10.6 Å². The molecule has 27 heavy (non-hydrogen) atoms. The van der Waals surface area contributed by atoms with Crippen LogP contribution in [0.1, 0.15) is 11.1 Å². The van der Waals surface area contributed by atoms with E-state index in [0.717, 1.165) is 11.3 Å². The van der Waals surface area contributed by atoms with Gasteiger partial charge in [0.25, 0.3) is 0 Å². The third kappa shape index (κ3) is 8.14. The monoisotopic (exact) mass is 504 g/mol. The smallest absolute Gasteiger partial charge is 0.238 e. The van der Waals surface area contributed by atoms with Gasteiger partial charge < -0.3 is 15.4 Å². The first-order chi connectivity index (χ1) is 12.4. The summed E-state index contributed by atoms with van der Waals surface area (Å²) in [4.78, 5) is 4.23. The fraction of sp³-hybridized carbons (Fsp3) is 0.278. The number of hydrogen-bond donors (Lipinski definition) is 3. The number of hydrogen-bond acceptors (Lipinski definition) is 4. The van der Waals surface area contributed by atoms with E-state index in [1.807, 2.05) is 31.2 Å². The lowest BCUT2D eigenvalue weighted by Crippen LogP contribution is -2.38. The molecule has 0 amide bonds. The highest BCUT2D eigenvalue weighted by molar-refractivity contribution is 14.0. The van der Waals surface area contributed by atoms with Gasteiger partial charge in [-0.05, 0) is 36.8 Å². The molecule has 2 aromatic carbocycles. The van der Waals surface area contributed by atoms with E-state index in [-0.39, 0.29) is 28.9 Å². The minimum absolute atomic E-state index is 0. The van der Waals surface area contributed by atoms with Crippen molar-refractivity contribution in [3.63, 3.8) is 0 Å². The number of guanidine groups is 1. The number of rotatable bonds is 7. The molecule has 7 nitrogen and oxygen atoms in total. The molecule has 0 aliphatic heterocycles. The van der Waals surface area contributed by atoms with E-state index in [4.69, 9.17) is 9.88 Å². The van der Waals surface area contributed by atoms with Crippen molar-refractivity contribution in [2.45, 2.75) is 18.4 Å². The van der Waals surface area contributed by atoms with Gasteiger partial charge in [-0.2, -0.15) is 0 Å². The molecule has 0 saturated carbocycles. The number of nitrogens with one attached hydrogen (secondary N) is 2. The number of nitrogens with two attached hydrogens (primary N) is 1. The number of aliphatic imine (C=N–C) groups is 1. The minimum atomic E-state index is -3.67. The topological polar surface area (TPSA) is 106 Å². The first-order valence-electron chi connectivity index (χ1n) is 8.14. The molecule has 2 rings (SSSR count). The zero-order valence-corrected chi connectivity index (χ0v) is 18.5. The standard InChI is InChI=1S/C18H24N4O3S.HI/c1-14-3-7-16(8-4-14)25-12-11-21-18(20-2)22-13-15-5-9-17(10-6-15)26(19,23)24;/h3-10H,11-13H2,1-2H3,(H2,19,23,24)(H2,20,21,22);1H. The SMILES string of the molecule is CN=C(NCCOc1ccc(C)cc1)NCc1ccc(S(N)(=O)=O)cc1.I. The number of primary sulfonamides is 1. The average molecular weight is 504 g/mol. The lowest BCUT2D eigenvalue weighted by atomic mass is 10.2. The van der Waals surface area contributed by atoms with E-state index < -0.39 is 10.0 Å². The van der Waals surface area contributed by atoms with Crippen LogP contribution in [0.5, 0.6) is 5.75 Å². The maximum Gasteiger partial charge on any atom is 0.238 e. The number of nitrogens with zero attached hydrogens (tertiary/aromatic N) is 1. The van der Waals surface area contributed by atoms with Crippen LogP contribution in [0.4, 0.5) is 0 Å². The Morgan fingerprint density at radius 2 is 1.70 bits per heavy atom. The van der Waals surface area contributed by atoms with Gasteiger partial charge in [0, 0.05) is 13.6 Å². The second kappa shape index (κ2) is 11.1. The summed E-state index contributed by atoms with van der Waals surface area (Å²) in [7, 11) is -1.99. The lowest BCUT2D eigenvalue weighted by Gasteiger charge is -2.13. The van der Waals surface area contributed by atoms with Crippen molar-refractivity contribution in [1.29, 1.82) is 0 Å². The van der Waals surface area contributed by atoms with Crippen LogP contribution in [0.15, 0.2) is 58.4 Å². The Balaban J connectivity index is 0.00000364. The largest absolute Gasteiger partial charge is 0.492 e. The molecular formula is C18H25IN4O3S. The number of sulfonamides is 1. The number of ether oxygens (including phenoxy) is 1. The molecule has 0 aliphatic rings. The molecule has 0 unspecified atom stereocenters. The van der Waals surface area contributed by atoms with Gasteiger partial charge in [-0.1, -0.05) is 29.8 Å². The Morgan fingerprint density at radius 3 is 2.26 bits per heavy atom. The summed E-state index contributed by atoms with van der Waals surface area (Å²) in [5, 5.41) is 11.4. The second-order valence-electron chi connectivity index (χ2n) is 5.70. The normalized spacial score (nSPS) is 11.4. The van der Waals surface area contributed by atoms with Crippen molar-refractivity contribution in [3.05, 3.63) is 59.7 Å². The zero-order valence-electron chi connectivity index (χ0n) is 15.3. The molecule has 0 saturated heterocycles. The fourth-order valence-corrected chi connectivity index (χ4v) is 2.69. The van der Waals surface area contributed by atoms with Crippen molar-refractivity contribution < 1.29 is 13.2 Å². The van der Waals surface area contributed by atoms with E-state index in [2.05, 4.69) is 15.6 Å². The second-order valence-corrected chi connectivity index (χ2v) is 7.26. The van der Waals surface area contributed by atoms with Crippen molar-refractivity contribution in [2.24, 2.45) is 10.1 Å². The summed E-state index contributed by atoms with van der Waals surface area (Å²) < 4.78 is 28.1. The Hall–Kier alpha value is -1.85. The first kappa shape index (κ1) is 23.2. The summed E-state index contributed by atoms with van der Waals surface area (Å²) in [5.74, 6) is 1.46. The summed E-state index contributed by atoms with van der Waals surface area (Å²) in [6.45, 7) is 3.64. The van der Waals surface area contributed by atoms with Gasteiger partial charge in [-0.3, -0.25) is 4.99 Å². The van der Waals surface area contributed by atoms with Crippen LogP contribution >= 0.6 is 24.0 Å². The zero-order chi connectivity index (χ0) is 19.0. The van der Waals surface area contributed by atoms with Crippen LogP contribution in [-0.4, -0.2) is 34.6 Å². The van der Waals surface area contributed by atoms with E-state index in [0.29, 0.717) is 25.7 Å². The van der Waals surface area contributed by atoms with Gasteiger partial charge in [0.15, 0.2) is 5.96 Å². The molecule has 0 spiro atoms. The van der Waals surface area contributed by atoms with Gasteiger partial charge in [0.2, 0.25) is 10.0 Å². The quantitative estimate of drug-likeness (QED) is 0.232. The lowest BCUT2D eigenvalue weighted by molar-refractivity contribution is 0.322. The van der Waals surface area contributed by atoms with Gasteiger partial charge in [-0.25, -0.2) is 13.6 Å². The molecular weight excluding hydrogens is 479 g/mol. The summed E-state index contributed by atoms with van der Waals surface area (Å²) in [6, 6.07) is 14.3. The third-order valence-corrected chi connectivity index (χ3v) is 4.55. The average Bonchev–Trinajstić information content (AvgIpc) is 2.62. The van der Waals surface area contributed by atoms with Crippen LogP contribution < -0.4 is 20.5 Å². The summed E-state index contributed by atoms with van der Waals surface area (Å²) in [5.41, 5.74) is 2.11. The molecule has 0 bridgehead atoms. The van der Waals surface area contributed by atoms with Crippen LogP contribution in [-0.2, 0) is 16.6 Å². The Labute approximate surface area is 177 Å². The van der Waals surface area contributed by atoms with Gasteiger partial charge in [0.1, 0.15) is 12.4 Å². The van der Waals surface area contributed by atoms with E-state index in [1.165, 1.54) is 17.7 Å².